The average Bonchev–Trinajstić information content (AvgIpc) is 2.11. The maximum atomic E-state index is 8.51. The summed E-state index contributed by atoms with van der Waals surface area (Å²) >= 11 is 1.79. The highest BCUT2D eigenvalue weighted by Crippen LogP contribution is 2.00. The Morgan fingerprint density at radius 2 is 2.31 bits per heavy atom. The van der Waals surface area contributed by atoms with Crippen LogP contribution in [0.5, 0.6) is 0 Å². The first kappa shape index (κ1) is 12.6. The zero-order valence-electron chi connectivity index (χ0n) is 8.12. The lowest BCUT2D eigenvalue weighted by Crippen LogP contribution is -2.31. The third-order valence-corrected chi connectivity index (χ3v) is 2.37. The van der Waals surface area contributed by atoms with Gasteiger partial charge in [-0.05, 0) is 19.1 Å². The summed E-state index contributed by atoms with van der Waals surface area (Å²) in [6.45, 7) is 3.82. The normalized spacial score (nSPS) is 11.7. The van der Waals surface area contributed by atoms with Gasteiger partial charge in [-0.3, -0.25) is 4.99 Å². The molecule has 0 aromatic rings. The van der Waals surface area contributed by atoms with Gasteiger partial charge in [0, 0.05) is 18.9 Å². The van der Waals surface area contributed by atoms with Crippen molar-refractivity contribution in [2.24, 2.45) is 10.7 Å². The number of hydrogen-bond acceptors (Lipinski definition) is 3. The summed E-state index contributed by atoms with van der Waals surface area (Å²) in [4.78, 5) is 4.11. The molecule has 0 atom stereocenters. The Labute approximate surface area is 84.0 Å². The number of rotatable bonds is 7. The number of guanidine groups is 1. The van der Waals surface area contributed by atoms with Crippen molar-refractivity contribution in [2.75, 3.05) is 31.2 Å². The van der Waals surface area contributed by atoms with Gasteiger partial charge in [0.05, 0.1) is 6.54 Å². The topological polar surface area (TPSA) is 70.6 Å². The van der Waals surface area contributed by atoms with Crippen LogP contribution in [0.4, 0.5) is 0 Å². The highest BCUT2D eigenvalue weighted by Gasteiger charge is 1.89. The molecule has 0 rings (SSSR count). The Kier molecular flexibility index (Phi) is 9.35. The molecule has 4 N–H and O–H groups in total. The van der Waals surface area contributed by atoms with Crippen molar-refractivity contribution in [2.45, 2.75) is 13.3 Å². The second kappa shape index (κ2) is 9.67. The molecule has 0 aliphatic rings. The maximum Gasteiger partial charge on any atom is 0.188 e. The van der Waals surface area contributed by atoms with Crippen LogP contribution in [0.2, 0.25) is 0 Å². The predicted molar refractivity (Wildman–Crippen MR) is 59.2 cm³/mol. The third kappa shape index (κ3) is 9.49. The van der Waals surface area contributed by atoms with Gasteiger partial charge in [-0.25, -0.2) is 0 Å². The van der Waals surface area contributed by atoms with E-state index in [2.05, 4.69) is 10.3 Å². The van der Waals surface area contributed by atoms with Gasteiger partial charge >= 0.3 is 0 Å². The number of nitrogens with two attached hydrogens (primary N) is 1. The predicted octanol–water partition coefficient (Wildman–Crippen LogP) is 0.0262. The number of aliphatic hydroxyl groups excluding tert-OH is 1. The smallest absolute Gasteiger partial charge is 0.188 e. The molecule has 0 amide bonds. The Bertz CT molecular complexity index is 141. The Balaban J connectivity index is 3.18. The van der Waals surface area contributed by atoms with Crippen molar-refractivity contribution in [3.05, 3.63) is 0 Å². The van der Waals surface area contributed by atoms with Crippen LogP contribution >= 0.6 is 11.8 Å². The molecule has 0 heterocycles. The summed E-state index contributed by atoms with van der Waals surface area (Å²) in [6.07, 6.45) is 0.858. The van der Waals surface area contributed by atoms with Crippen LogP contribution in [-0.4, -0.2) is 42.3 Å². The average molecular weight is 205 g/mol. The molecule has 0 aliphatic carbocycles. The van der Waals surface area contributed by atoms with Crippen LogP contribution in [0.15, 0.2) is 4.99 Å². The fourth-order valence-corrected chi connectivity index (χ4v) is 1.49. The molecule has 0 radical (unpaired) electrons. The first-order valence-electron chi connectivity index (χ1n) is 4.53. The molecule has 0 saturated heterocycles. The number of aliphatic imine (C=N–C) groups is 1. The van der Waals surface area contributed by atoms with Gasteiger partial charge < -0.3 is 16.2 Å². The quantitative estimate of drug-likeness (QED) is 0.311. The summed E-state index contributed by atoms with van der Waals surface area (Å²) in [6, 6.07) is 0. The van der Waals surface area contributed by atoms with Gasteiger partial charge in [0.15, 0.2) is 5.96 Å². The van der Waals surface area contributed by atoms with E-state index in [1.54, 1.807) is 11.8 Å². The molecular weight excluding hydrogens is 186 g/mol. The van der Waals surface area contributed by atoms with Gasteiger partial charge in [-0.2, -0.15) is 11.8 Å². The molecule has 0 fully saturated rings. The van der Waals surface area contributed by atoms with Crippen molar-refractivity contribution >= 4 is 17.7 Å². The third-order valence-electron chi connectivity index (χ3n) is 1.32. The molecule has 0 aromatic carbocycles. The molecule has 0 aliphatic heterocycles. The van der Waals surface area contributed by atoms with Gasteiger partial charge in [0.1, 0.15) is 0 Å². The summed E-state index contributed by atoms with van der Waals surface area (Å²) < 4.78 is 0. The lowest BCUT2D eigenvalue weighted by atomic mass is 10.5. The Morgan fingerprint density at radius 3 is 2.92 bits per heavy atom. The van der Waals surface area contributed by atoms with E-state index < -0.39 is 0 Å². The minimum Gasteiger partial charge on any atom is -0.396 e. The molecule has 78 valence electrons. The molecule has 0 aromatic heterocycles. The Hall–Kier alpha value is -0.420. The molecule has 5 heteroatoms. The van der Waals surface area contributed by atoms with Crippen LogP contribution < -0.4 is 11.1 Å². The lowest BCUT2D eigenvalue weighted by molar-refractivity contribution is 0.296. The molecular formula is C8H19N3OS. The zero-order valence-corrected chi connectivity index (χ0v) is 8.94. The van der Waals surface area contributed by atoms with E-state index in [4.69, 9.17) is 10.8 Å². The molecule has 0 spiro atoms. The fourth-order valence-electron chi connectivity index (χ4n) is 0.736. The SMILES string of the molecule is CCNC(N)=NCCSCCCO. The largest absolute Gasteiger partial charge is 0.396 e. The molecule has 13 heavy (non-hydrogen) atoms. The summed E-state index contributed by atoms with van der Waals surface area (Å²) in [5, 5.41) is 11.4. The molecule has 0 saturated carbocycles. The number of thioether (sulfide) groups is 1. The van der Waals surface area contributed by atoms with Gasteiger partial charge in [-0.1, -0.05) is 0 Å². The van der Waals surface area contributed by atoms with Crippen molar-refractivity contribution in [3.8, 4) is 0 Å². The minimum atomic E-state index is 0.274. The van der Waals surface area contributed by atoms with Crippen LogP contribution in [0.1, 0.15) is 13.3 Å². The summed E-state index contributed by atoms with van der Waals surface area (Å²) in [5.41, 5.74) is 5.51. The van der Waals surface area contributed by atoms with E-state index in [0.29, 0.717) is 5.96 Å². The first-order chi connectivity index (χ1) is 6.31. The van der Waals surface area contributed by atoms with Gasteiger partial charge in [-0.15, -0.1) is 0 Å². The number of aliphatic hydroxyl groups is 1. The van der Waals surface area contributed by atoms with E-state index in [1.807, 2.05) is 6.92 Å². The highest BCUT2D eigenvalue weighted by molar-refractivity contribution is 7.99. The second-order valence-electron chi connectivity index (χ2n) is 2.49. The van der Waals surface area contributed by atoms with Crippen LogP contribution in [0, 0.1) is 0 Å². The number of hydrogen-bond donors (Lipinski definition) is 3. The van der Waals surface area contributed by atoms with E-state index in [9.17, 15) is 0 Å². The molecule has 4 nitrogen and oxygen atoms in total. The van der Waals surface area contributed by atoms with E-state index in [1.165, 1.54) is 0 Å². The summed E-state index contributed by atoms with van der Waals surface area (Å²) in [5.74, 6) is 2.48. The van der Waals surface area contributed by atoms with E-state index >= 15 is 0 Å². The Morgan fingerprint density at radius 1 is 1.54 bits per heavy atom. The minimum absolute atomic E-state index is 0.274. The number of nitrogens with zero attached hydrogens (tertiary/aromatic N) is 1. The standard InChI is InChI=1S/C8H19N3OS/c1-2-10-8(9)11-4-7-13-6-3-5-12/h12H,2-7H2,1H3,(H3,9,10,11). The zero-order chi connectivity index (χ0) is 9.94. The number of nitrogens with one attached hydrogen (secondary N) is 1. The van der Waals surface area contributed by atoms with E-state index in [0.717, 1.165) is 31.0 Å². The van der Waals surface area contributed by atoms with Crippen molar-refractivity contribution in [3.63, 3.8) is 0 Å². The van der Waals surface area contributed by atoms with Gasteiger partial charge in [0.2, 0.25) is 0 Å². The summed E-state index contributed by atoms with van der Waals surface area (Å²) in [7, 11) is 0. The van der Waals surface area contributed by atoms with E-state index in [-0.39, 0.29) is 6.61 Å². The van der Waals surface area contributed by atoms with Crippen LogP contribution in [-0.2, 0) is 0 Å². The monoisotopic (exact) mass is 205 g/mol. The highest BCUT2D eigenvalue weighted by atomic mass is 32.2. The fraction of sp³-hybridized carbons (Fsp3) is 0.875. The maximum absolute atomic E-state index is 8.51. The molecule has 0 unspecified atom stereocenters. The van der Waals surface area contributed by atoms with Crippen LogP contribution in [0.3, 0.4) is 0 Å². The lowest BCUT2D eigenvalue weighted by Gasteiger charge is -2.01. The second-order valence-corrected chi connectivity index (χ2v) is 3.71. The van der Waals surface area contributed by atoms with Crippen molar-refractivity contribution in [1.29, 1.82) is 0 Å². The molecule has 0 bridgehead atoms. The van der Waals surface area contributed by atoms with Gasteiger partial charge in [0.25, 0.3) is 0 Å². The first-order valence-corrected chi connectivity index (χ1v) is 5.69. The van der Waals surface area contributed by atoms with Crippen LogP contribution in [0.25, 0.3) is 0 Å². The van der Waals surface area contributed by atoms with Crippen molar-refractivity contribution < 1.29 is 5.11 Å². The van der Waals surface area contributed by atoms with Crippen molar-refractivity contribution in [1.82, 2.24) is 5.32 Å².